The summed E-state index contributed by atoms with van der Waals surface area (Å²) in [5.41, 5.74) is 9.05. The Labute approximate surface area is 311 Å². The van der Waals surface area contributed by atoms with Crippen molar-refractivity contribution in [1.29, 1.82) is 0 Å². The van der Waals surface area contributed by atoms with Crippen molar-refractivity contribution < 1.29 is 27.8 Å². The summed E-state index contributed by atoms with van der Waals surface area (Å²) < 4.78 is 31.7. The Morgan fingerprint density at radius 3 is 2.57 bits per heavy atom. The number of allylic oxidation sites excluding steroid dienone is 3. The lowest BCUT2D eigenvalue weighted by Gasteiger charge is -2.39. The van der Waals surface area contributed by atoms with Gasteiger partial charge in [-0.05, 0) is 129 Å². The number of likely N-dealkylation sites (N-methyl/N-ethyl adjacent to an activating group) is 1. The van der Waals surface area contributed by atoms with Crippen LogP contribution in [0.1, 0.15) is 72.5 Å². The number of ether oxygens (including phenoxy) is 3. The second kappa shape index (κ2) is 15.2. The van der Waals surface area contributed by atoms with E-state index < -0.39 is 0 Å². The van der Waals surface area contributed by atoms with E-state index in [1.807, 2.05) is 17.0 Å². The summed E-state index contributed by atoms with van der Waals surface area (Å²) in [6, 6.07) is 14.5. The zero-order chi connectivity index (χ0) is 36.5. The number of amides is 2. The molecule has 0 fully saturated rings. The number of urea groups is 1. The molecule has 1 aliphatic carbocycles. The maximum absolute atomic E-state index is 14.0. The summed E-state index contributed by atoms with van der Waals surface area (Å²) in [6.45, 7) is 5.98. The highest BCUT2D eigenvalue weighted by molar-refractivity contribution is 5.90. The van der Waals surface area contributed by atoms with Crippen molar-refractivity contribution in [3.05, 3.63) is 100 Å². The summed E-state index contributed by atoms with van der Waals surface area (Å²) in [5.74, 6) is 2.99. The topological polar surface area (TPSA) is 102 Å². The van der Waals surface area contributed by atoms with Crippen LogP contribution in [-0.4, -0.2) is 69.8 Å². The van der Waals surface area contributed by atoms with Gasteiger partial charge in [0.15, 0.2) is 34.0 Å². The molecule has 53 heavy (non-hydrogen) atoms. The van der Waals surface area contributed by atoms with Crippen LogP contribution in [0.5, 0.6) is 17.2 Å². The minimum atomic E-state index is -0.233. The molecule has 2 N–H and O–H groups in total. The van der Waals surface area contributed by atoms with Crippen molar-refractivity contribution in [2.75, 3.05) is 54.0 Å². The first-order valence-electron chi connectivity index (χ1n) is 19.0. The largest absolute Gasteiger partial charge is 0.493 e. The monoisotopic (exact) mass is 718 g/mol. The molecular weight excluding hydrogens is 668 g/mol. The number of hydrogen-bond donors (Lipinski definition) is 2. The summed E-state index contributed by atoms with van der Waals surface area (Å²) >= 11 is 0. The molecule has 8 heterocycles. The van der Waals surface area contributed by atoms with Gasteiger partial charge in [0.05, 0.1) is 26.5 Å². The van der Waals surface area contributed by atoms with Crippen LogP contribution in [0.2, 0.25) is 0 Å². The van der Waals surface area contributed by atoms with Gasteiger partial charge in [-0.3, -0.25) is 4.90 Å². The number of hydrogen-bond acceptors (Lipinski definition) is 8. The van der Waals surface area contributed by atoms with E-state index in [0.717, 1.165) is 85.3 Å². The molecule has 12 rings (SSSR count). The highest BCUT2D eigenvalue weighted by Gasteiger charge is 2.35. The molecule has 12 bridgehead atoms. The lowest BCUT2D eigenvalue weighted by Crippen LogP contribution is -2.46. The van der Waals surface area contributed by atoms with Gasteiger partial charge in [0.25, 0.3) is 0 Å². The van der Waals surface area contributed by atoms with Crippen molar-refractivity contribution in [2.24, 2.45) is 0 Å². The molecule has 4 aromatic rings. The zero-order valence-corrected chi connectivity index (χ0v) is 31.3. The van der Waals surface area contributed by atoms with E-state index in [2.05, 4.69) is 72.0 Å². The van der Waals surface area contributed by atoms with E-state index in [1.54, 1.807) is 20.5 Å². The molecule has 0 saturated carbocycles. The van der Waals surface area contributed by atoms with E-state index in [9.17, 15) is 4.79 Å². The lowest BCUT2D eigenvalue weighted by atomic mass is 9.84. The van der Waals surface area contributed by atoms with Crippen LogP contribution in [0, 0.1) is 0 Å². The van der Waals surface area contributed by atoms with Crippen LogP contribution in [0.25, 0.3) is 22.1 Å². The highest BCUT2D eigenvalue weighted by Crippen LogP contribution is 2.45. The Morgan fingerprint density at radius 2 is 1.75 bits per heavy atom. The van der Waals surface area contributed by atoms with Gasteiger partial charge in [0, 0.05) is 37.5 Å². The van der Waals surface area contributed by atoms with Gasteiger partial charge in [-0.2, -0.15) is 0 Å². The predicted octanol–water partition coefficient (Wildman–Crippen LogP) is 8.09. The van der Waals surface area contributed by atoms with Crippen molar-refractivity contribution >= 4 is 28.2 Å². The third-order valence-electron chi connectivity index (χ3n) is 11.3. The average molecular weight is 719 g/mol. The van der Waals surface area contributed by atoms with Gasteiger partial charge in [-0.15, -0.1) is 0 Å². The van der Waals surface area contributed by atoms with Crippen molar-refractivity contribution in [3.63, 3.8) is 0 Å². The van der Waals surface area contributed by atoms with E-state index in [-0.39, 0.29) is 18.1 Å². The lowest BCUT2D eigenvalue weighted by molar-refractivity contribution is 0.168. The molecule has 2 unspecified atom stereocenters. The predicted molar refractivity (Wildman–Crippen MR) is 206 cm³/mol. The van der Waals surface area contributed by atoms with Crippen molar-refractivity contribution in [1.82, 2.24) is 20.4 Å². The Kier molecular flexibility index (Phi) is 10.1. The second-order valence-electron chi connectivity index (χ2n) is 14.5. The fraction of sp³-hybridized carbons (Fsp3) is 0.419. The Hall–Kier alpha value is -4.93. The molecule has 0 spiro atoms. The molecule has 0 radical (unpaired) electrons. The molecule has 7 aliphatic heterocycles. The van der Waals surface area contributed by atoms with Crippen LogP contribution in [0.3, 0.4) is 0 Å². The first-order chi connectivity index (χ1) is 25.9. The van der Waals surface area contributed by atoms with Crippen LogP contribution in [0.15, 0.2) is 81.0 Å². The molecule has 278 valence electrons. The van der Waals surface area contributed by atoms with Crippen molar-refractivity contribution in [3.8, 4) is 17.2 Å². The standard InChI is InChI=1S/C43H50N4O6/c1-5-44-16-6-17-45-43(48)47-19-14-30-25-40(50-4)42-32-15-20-51-37-26-33-29(24-39(37)53-42)13-18-46(2)34(33)22-28-9-12-36(49-3)38(23-28)52-31-10-7-27(8-11-31)21-35(47)41(30)32/h7,9-10,12,15,20,23-26,34-35,44H,5-6,8,11,13-14,16-19,21-22H2,1-4H3,(H,45,48). The van der Waals surface area contributed by atoms with E-state index in [1.165, 1.54) is 16.7 Å². The van der Waals surface area contributed by atoms with Crippen LogP contribution in [-0.2, 0) is 19.3 Å². The van der Waals surface area contributed by atoms with Gasteiger partial charge in [0.1, 0.15) is 5.76 Å². The quantitative estimate of drug-likeness (QED) is 0.185. The number of nitrogens with one attached hydrogen (secondary N) is 2. The molecular formula is C43H50N4O6. The maximum Gasteiger partial charge on any atom is 0.317 e. The molecule has 10 nitrogen and oxygen atoms in total. The number of carbonyl (C=O) groups excluding carboxylic acids is 1. The van der Waals surface area contributed by atoms with Crippen LogP contribution in [0.4, 0.5) is 4.79 Å². The first kappa shape index (κ1) is 35.1. The minimum absolute atomic E-state index is 0.0531. The minimum Gasteiger partial charge on any atom is -0.493 e. The molecule has 3 aromatic carbocycles. The molecule has 8 aliphatic rings. The van der Waals surface area contributed by atoms with Gasteiger partial charge < -0.3 is 38.6 Å². The van der Waals surface area contributed by atoms with E-state index >= 15 is 0 Å². The molecule has 2 amide bonds. The number of benzene rings is 3. The summed E-state index contributed by atoms with van der Waals surface area (Å²) in [5, 5.41) is 7.44. The van der Waals surface area contributed by atoms with Gasteiger partial charge >= 0.3 is 6.03 Å². The average Bonchev–Trinajstić information content (AvgIpc) is 3.16. The molecule has 1 aromatic heterocycles. The molecule has 2 atom stereocenters. The number of nitrogens with zero attached hydrogens (tertiary/aromatic N) is 2. The Bertz CT molecular complexity index is 2150. The zero-order valence-electron chi connectivity index (χ0n) is 31.3. The number of carbonyl (C=O) groups is 1. The number of methoxy groups -OCH3 is 2. The second-order valence-corrected chi connectivity index (χ2v) is 14.5. The fourth-order valence-corrected chi connectivity index (χ4v) is 8.46. The third-order valence-corrected chi connectivity index (χ3v) is 11.3. The normalized spacial score (nSPS) is 19.4. The summed E-state index contributed by atoms with van der Waals surface area (Å²) in [7, 11) is 5.57. The smallest absolute Gasteiger partial charge is 0.317 e. The summed E-state index contributed by atoms with van der Waals surface area (Å²) in [6.07, 6.45) is 11.5. The number of rotatable bonds is 7. The Morgan fingerprint density at radius 1 is 0.887 bits per heavy atom. The molecule has 10 heteroatoms. The highest BCUT2D eigenvalue weighted by atomic mass is 16.5. The maximum atomic E-state index is 14.0. The third kappa shape index (κ3) is 6.98. The van der Waals surface area contributed by atoms with Gasteiger partial charge in [-0.1, -0.05) is 24.6 Å². The van der Waals surface area contributed by atoms with Gasteiger partial charge in [0.2, 0.25) is 0 Å². The summed E-state index contributed by atoms with van der Waals surface area (Å²) in [4.78, 5) is 18.4. The van der Waals surface area contributed by atoms with Gasteiger partial charge in [-0.25, -0.2) is 4.79 Å². The fourth-order valence-electron chi connectivity index (χ4n) is 8.46. The van der Waals surface area contributed by atoms with Crippen LogP contribution >= 0.6 is 0 Å². The van der Waals surface area contributed by atoms with Crippen molar-refractivity contribution in [2.45, 2.75) is 64.0 Å². The van der Waals surface area contributed by atoms with Crippen LogP contribution < -0.4 is 24.8 Å². The Balaban J connectivity index is 1.32. The SMILES string of the molecule is CCNCCCNC(=O)N1CCc2cc(OC)c3oc4cc5c6cc4occc3c2C1CC1=CC=C(CC1)Oc1cc(ccc1OC)CC6N(C)CC5. The first-order valence-corrected chi connectivity index (χ1v) is 19.0. The van der Waals surface area contributed by atoms with E-state index in [0.29, 0.717) is 54.2 Å². The molecule has 0 saturated heterocycles. The van der Waals surface area contributed by atoms with E-state index in [4.69, 9.17) is 23.0 Å².